The van der Waals surface area contributed by atoms with Crippen molar-refractivity contribution in [2.45, 2.75) is 56.6 Å². The van der Waals surface area contributed by atoms with Gasteiger partial charge in [-0.05, 0) is 50.9 Å². The summed E-state index contributed by atoms with van der Waals surface area (Å²) in [4.78, 5) is 19.1. The maximum atomic E-state index is 14.7. The number of ether oxygens (including phenoxy) is 3. The number of halogens is 4. The summed E-state index contributed by atoms with van der Waals surface area (Å²) >= 11 is 1.25. The number of alkyl halides is 4. The molecule has 0 amide bonds. The fraction of sp³-hybridized carbons (Fsp3) is 0.515. The van der Waals surface area contributed by atoms with E-state index >= 15 is 0 Å². The number of benzene rings is 1. The second-order valence-electron chi connectivity index (χ2n) is 13.4. The van der Waals surface area contributed by atoms with Crippen LogP contribution in [0.15, 0.2) is 24.5 Å². The number of nitrogens with zero attached hydrogens (tertiary/aromatic N) is 6. The van der Waals surface area contributed by atoms with E-state index in [9.17, 15) is 17.6 Å². The lowest BCUT2D eigenvalue weighted by Gasteiger charge is -2.32. The first-order valence-electron chi connectivity index (χ1n) is 16.0. The molecular formula is C33H35F4N7O3S. The number of rotatable bonds is 6. The van der Waals surface area contributed by atoms with E-state index in [-0.39, 0.29) is 29.4 Å². The molecule has 15 heteroatoms. The summed E-state index contributed by atoms with van der Waals surface area (Å²) in [5.74, 6) is 0.566. The lowest BCUT2D eigenvalue weighted by atomic mass is 9.94. The van der Waals surface area contributed by atoms with Gasteiger partial charge in [-0.2, -0.15) is 28.2 Å². The zero-order valence-corrected chi connectivity index (χ0v) is 27.6. The van der Waals surface area contributed by atoms with Gasteiger partial charge in [0.2, 0.25) is 0 Å². The number of nitrogens with one attached hydrogen (secondary N) is 1. The number of aromatic amines is 1. The van der Waals surface area contributed by atoms with Crippen molar-refractivity contribution >= 4 is 48.4 Å². The lowest BCUT2D eigenvalue weighted by Crippen LogP contribution is -2.44. The standard InChI is InChI=1S/C33H35F4N7O3S/c1-18-11-22-21(13-39-42-22)23(25(18)33(35,36)37)26-27-20(5-7-38-26)24-28(43-9-10-46-16-31(2,15-43)45-3)40-30(41-29(24)48-27)47-17-32-6-4-8-44(32)14-19(34)12-32/h5,7,11,13,19H,4,6,8-10,12,14-17H2,1-3H3,(H,39,42)/t19-,31+,32+/m1/s1. The van der Waals surface area contributed by atoms with Crippen LogP contribution in [0, 0.1) is 6.92 Å². The highest BCUT2D eigenvalue weighted by atomic mass is 32.1. The van der Waals surface area contributed by atoms with E-state index in [4.69, 9.17) is 24.2 Å². The van der Waals surface area contributed by atoms with Crippen LogP contribution in [0.5, 0.6) is 6.01 Å². The first kappa shape index (κ1) is 31.6. The molecule has 5 aromatic rings. The predicted octanol–water partition coefficient (Wildman–Crippen LogP) is 6.31. The van der Waals surface area contributed by atoms with Crippen LogP contribution in [0.1, 0.15) is 37.3 Å². The van der Waals surface area contributed by atoms with Gasteiger partial charge in [0.15, 0.2) is 0 Å². The highest BCUT2D eigenvalue weighted by Crippen LogP contribution is 2.48. The monoisotopic (exact) mass is 685 g/mol. The maximum Gasteiger partial charge on any atom is 0.417 e. The van der Waals surface area contributed by atoms with Crippen molar-refractivity contribution < 1.29 is 31.8 Å². The molecular weight excluding hydrogens is 650 g/mol. The third-order valence-electron chi connectivity index (χ3n) is 10.1. The fourth-order valence-corrected chi connectivity index (χ4v) is 8.97. The summed E-state index contributed by atoms with van der Waals surface area (Å²) in [6.07, 6.45) is -0.412. The molecule has 3 saturated heterocycles. The van der Waals surface area contributed by atoms with Crippen LogP contribution in [-0.4, -0.2) is 100 Å². The fourth-order valence-electron chi connectivity index (χ4n) is 7.82. The Hall–Kier alpha value is -3.66. The molecule has 0 unspecified atom stereocenters. The maximum absolute atomic E-state index is 14.7. The number of H-pyrrole nitrogens is 1. The van der Waals surface area contributed by atoms with Gasteiger partial charge in [0.1, 0.15) is 29.0 Å². The topological polar surface area (TPSA) is 102 Å². The average Bonchev–Trinajstić information content (AvgIpc) is 3.79. The summed E-state index contributed by atoms with van der Waals surface area (Å²) in [6, 6.07) is 3.39. The predicted molar refractivity (Wildman–Crippen MR) is 175 cm³/mol. The SMILES string of the molecule is CO[C@]1(C)COCCN(c2nc(OC[C@@]34CCCN3C[C@H](F)C4)nc3sc4c(-c5c(C(F)(F)F)c(C)cc6[nH]ncc56)nccc4c23)C1. The molecule has 3 aliphatic rings. The highest BCUT2D eigenvalue weighted by Gasteiger charge is 2.49. The Morgan fingerprint density at radius 3 is 2.88 bits per heavy atom. The van der Waals surface area contributed by atoms with E-state index in [1.807, 2.05) is 6.92 Å². The summed E-state index contributed by atoms with van der Waals surface area (Å²) < 4.78 is 77.3. The van der Waals surface area contributed by atoms with Gasteiger partial charge in [-0.15, -0.1) is 11.3 Å². The number of aromatic nitrogens is 5. The quantitative estimate of drug-likeness (QED) is 0.206. The van der Waals surface area contributed by atoms with Crippen LogP contribution in [0.3, 0.4) is 0 Å². The Balaban J connectivity index is 1.33. The molecule has 3 fully saturated rings. The molecule has 0 bridgehead atoms. The average molecular weight is 686 g/mol. The van der Waals surface area contributed by atoms with Gasteiger partial charge >= 0.3 is 12.2 Å². The molecule has 0 spiro atoms. The van der Waals surface area contributed by atoms with Crippen molar-refractivity contribution in [3.63, 3.8) is 0 Å². The van der Waals surface area contributed by atoms with E-state index in [0.717, 1.165) is 19.4 Å². The lowest BCUT2D eigenvalue weighted by molar-refractivity contribution is -0.137. The molecule has 254 valence electrons. The third kappa shape index (κ3) is 5.17. The molecule has 0 aliphatic carbocycles. The third-order valence-corrected chi connectivity index (χ3v) is 11.2. The van der Waals surface area contributed by atoms with Crippen molar-refractivity contribution in [3.8, 4) is 17.3 Å². The molecule has 7 heterocycles. The number of aryl methyl sites for hydroxylation is 1. The molecule has 3 aliphatic heterocycles. The van der Waals surface area contributed by atoms with Gasteiger partial charge in [-0.3, -0.25) is 15.0 Å². The van der Waals surface area contributed by atoms with Crippen molar-refractivity contribution in [2.24, 2.45) is 0 Å². The minimum absolute atomic E-state index is 0.0352. The number of thiophene rings is 1. The molecule has 8 rings (SSSR count). The van der Waals surface area contributed by atoms with E-state index in [1.54, 1.807) is 13.2 Å². The first-order chi connectivity index (χ1) is 23.0. The van der Waals surface area contributed by atoms with Crippen LogP contribution in [0.2, 0.25) is 0 Å². The highest BCUT2D eigenvalue weighted by molar-refractivity contribution is 7.26. The van der Waals surface area contributed by atoms with Gasteiger partial charge in [-0.1, -0.05) is 0 Å². The Bertz CT molecular complexity index is 2040. The molecule has 1 aromatic carbocycles. The largest absolute Gasteiger partial charge is 0.461 e. The Labute approximate surface area is 277 Å². The van der Waals surface area contributed by atoms with Crippen LogP contribution in [0.4, 0.5) is 23.4 Å². The Morgan fingerprint density at radius 2 is 2.06 bits per heavy atom. The van der Waals surface area contributed by atoms with E-state index < -0.39 is 29.1 Å². The smallest absolute Gasteiger partial charge is 0.417 e. The molecule has 4 aromatic heterocycles. The number of hydrogen-bond acceptors (Lipinski definition) is 10. The first-order valence-corrected chi connectivity index (χ1v) is 16.8. The molecule has 3 atom stereocenters. The number of anilines is 1. The van der Waals surface area contributed by atoms with Crippen LogP contribution < -0.4 is 9.64 Å². The normalized spacial score (nSPS) is 25.4. The van der Waals surface area contributed by atoms with E-state index in [0.29, 0.717) is 76.3 Å². The Kier molecular flexibility index (Phi) is 7.54. The zero-order valence-electron chi connectivity index (χ0n) is 26.8. The van der Waals surface area contributed by atoms with Gasteiger partial charge in [-0.25, -0.2) is 4.39 Å². The van der Waals surface area contributed by atoms with Crippen LogP contribution in [0.25, 0.3) is 42.5 Å². The minimum Gasteiger partial charge on any atom is -0.461 e. The number of methoxy groups -OCH3 is 1. The van der Waals surface area contributed by atoms with Crippen molar-refractivity contribution in [1.29, 1.82) is 0 Å². The Morgan fingerprint density at radius 1 is 1.21 bits per heavy atom. The summed E-state index contributed by atoms with van der Waals surface area (Å²) in [5, 5.41) is 8.56. The number of fused-ring (bicyclic) bond motifs is 5. The summed E-state index contributed by atoms with van der Waals surface area (Å²) in [7, 11) is 1.64. The zero-order chi connectivity index (χ0) is 33.4. The van der Waals surface area contributed by atoms with Crippen LogP contribution in [-0.2, 0) is 15.7 Å². The number of pyridine rings is 1. The number of hydrogen-bond donors (Lipinski definition) is 1. The molecule has 0 radical (unpaired) electrons. The van der Waals surface area contributed by atoms with Gasteiger partial charge < -0.3 is 19.1 Å². The van der Waals surface area contributed by atoms with Crippen LogP contribution >= 0.6 is 11.3 Å². The van der Waals surface area contributed by atoms with Crippen molar-refractivity contribution in [2.75, 3.05) is 58.0 Å². The minimum atomic E-state index is -4.64. The van der Waals surface area contributed by atoms with Gasteiger partial charge in [0.05, 0.1) is 58.4 Å². The summed E-state index contributed by atoms with van der Waals surface area (Å²) in [5.41, 5.74) is -1.11. The van der Waals surface area contributed by atoms with Crippen molar-refractivity contribution in [1.82, 2.24) is 30.0 Å². The van der Waals surface area contributed by atoms with Crippen molar-refractivity contribution in [3.05, 3.63) is 35.7 Å². The van der Waals surface area contributed by atoms with E-state index in [2.05, 4.69) is 25.0 Å². The molecule has 0 saturated carbocycles. The van der Waals surface area contributed by atoms with Gasteiger partial charge in [0, 0.05) is 49.2 Å². The van der Waals surface area contributed by atoms with E-state index in [1.165, 1.54) is 36.7 Å². The van der Waals surface area contributed by atoms with Gasteiger partial charge in [0.25, 0.3) is 0 Å². The molecule has 1 N–H and O–H groups in total. The second-order valence-corrected chi connectivity index (χ2v) is 14.4. The molecule has 48 heavy (non-hydrogen) atoms. The summed E-state index contributed by atoms with van der Waals surface area (Å²) in [6.45, 7) is 6.60. The second kappa shape index (κ2) is 11.5. The molecule has 10 nitrogen and oxygen atoms in total.